The number of rotatable bonds is 6. The average Bonchev–Trinajstić information content (AvgIpc) is 2.89. The fraction of sp³-hybridized carbons (Fsp3) is 1.00. The molecule has 2 saturated heterocycles. The monoisotopic (exact) mass is 234 g/mol. The zero-order valence-corrected chi connectivity index (χ0v) is 9.42. The summed E-state index contributed by atoms with van der Waals surface area (Å²) >= 11 is 0. The van der Waals surface area contributed by atoms with Crippen LogP contribution in [0.25, 0.3) is 0 Å². The molecule has 0 aromatic heterocycles. The molecule has 0 amide bonds. The van der Waals surface area contributed by atoms with Crippen molar-refractivity contribution >= 4 is 0 Å². The molecule has 0 spiro atoms. The van der Waals surface area contributed by atoms with Crippen molar-refractivity contribution in [3.05, 3.63) is 0 Å². The van der Waals surface area contributed by atoms with Gasteiger partial charge >= 0.3 is 0 Å². The molecule has 6 heteroatoms. The Labute approximate surface area is 94.6 Å². The van der Waals surface area contributed by atoms with Gasteiger partial charge in [-0.25, -0.2) is 19.6 Å². The highest BCUT2D eigenvalue weighted by molar-refractivity contribution is 4.52. The SMILES string of the molecule is CC1OOC(CCCCCC2OCOO2)O1. The predicted octanol–water partition coefficient (Wildman–Crippen LogP) is 1.85. The first kappa shape index (κ1) is 12.2. The van der Waals surface area contributed by atoms with Gasteiger partial charge in [-0.15, -0.1) is 0 Å². The molecule has 0 aliphatic carbocycles. The van der Waals surface area contributed by atoms with Crippen molar-refractivity contribution in [2.45, 2.75) is 57.9 Å². The summed E-state index contributed by atoms with van der Waals surface area (Å²) in [6.07, 6.45) is 4.22. The van der Waals surface area contributed by atoms with Crippen LogP contribution in [0.2, 0.25) is 0 Å². The second kappa shape index (κ2) is 6.48. The maximum atomic E-state index is 5.33. The summed E-state index contributed by atoms with van der Waals surface area (Å²) in [5, 5.41) is 0. The fourth-order valence-electron chi connectivity index (χ4n) is 1.68. The van der Waals surface area contributed by atoms with Gasteiger partial charge in [-0.05, 0) is 19.8 Å². The van der Waals surface area contributed by atoms with E-state index in [0.717, 1.165) is 32.1 Å². The molecule has 16 heavy (non-hydrogen) atoms. The molecule has 0 bridgehead atoms. The van der Waals surface area contributed by atoms with Crippen LogP contribution in [0, 0.1) is 0 Å². The minimum atomic E-state index is -0.248. The van der Waals surface area contributed by atoms with E-state index in [1.165, 1.54) is 0 Å². The van der Waals surface area contributed by atoms with Crippen molar-refractivity contribution in [3.63, 3.8) is 0 Å². The Hall–Kier alpha value is -0.240. The number of ether oxygens (including phenoxy) is 2. The Bertz CT molecular complexity index is 194. The molecule has 0 saturated carbocycles. The van der Waals surface area contributed by atoms with Gasteiger partial charge in [-0.2, -0.15) is 0 Å². The summed E-state index contributed by atoms with van der Waals surface area (Å²) in [5.74, 6) is 0. The van der Waals surface area contributed by atoms with Crippen molar-refractivity contribution in [1.82, 2.24) is 0 Å². The van der Waals surface area contributed by atoms with Gasteiger partial charge in [0.05, 0.1) is 0 Å². The van der Waals surface area contributed by atoms with E-state index >= 15 is 0 Å². The van der Waals surface area contributed by atoms with Gasteiger partial charge in [0.25, 0.3) is 0 Å². The summed E-state index contributed by atoms with van der Waals surface area (Å²) in [6.45, 7) is 2.05. The topological polar surface area (TPSA) is 55.4 Å². The smallest absolute Gasteiger partial charge is 0.194 e. The molecule has 3 unspecified atom stereocenters. The summed E-state index contributed by atoms with van der Waals surface area (Å²) in [4.78, 5) is 19.3. The highest BCUT2D eigenvalue weighted by Gasteiger charge is 2.23. The van der Waals surface area contributed by atoms with Gasteiger partial charge in [-0.3, -0.25) is 0 Å². The number of hydrogen-bond donors (Lipinski definition) is 0. The van der Waals surface area contributed by atoms with E-state index in [1.807, 2.05) is 6.92 Å². The number of hydrogen-bond acceptors (Lipinski definition) is 6. The van der Waals surface area contributed by atoms with Crippen LogP contribution in [-0.4, -0.2) is 25.7 Å². The largest absolute Gasteiger partial charge is 0.320 e. The van der Waals surface area contributed by atoms with Crippen molar-refractivity contribution in [2.75, 3.05) is 6.79 Å². The van der Waals surface area contributed by atoms with Crippen LogP contribution in [0.15, 0.2) is 0 Å². The second-order valence-electron chi connectivity index (χ2n) is 3.89. The lowest BCUT2D eigenvalue weighted by Gasteiger charge is -2.07. The van der Waals surface area contributed by atoms with E-state index in [-0.39, 0.29) is 25.7 Å². The maximum Gasteiger partial charge on any atom is 0.194 e. The molecular formula is C10H18O6. The van der Waals surface area contributed by atoms with E-state index in [4.69, 9.17) is 24.1 Å². The van der Waals surface area contributed by atoms with Gasteiger partial charge in [0.1, 0.15) is 0 Å². The lowest BCUT2D eigenvalue weighted by atomic mass is 10.1. The molecule has 3 atom stereocenters. The Morgan fingerprint density at radius 1 is 0.938 bits per heavy atom. The van der Waals surface area contributed by atoms with Crippen molar-refractivity contribution < 1.29 is 29.0 Å². The highest BCUT2D eigenvalue weighted by Crippen LogP contribution is 2.19. The van der Waals surface area contributed by atoms with Crippen LogP contribution in [0.1, 0.15) is 39.0 Å². The van der Waals surface area contributed by atoms with Crippen molar-refractivity contribution in [2.24, 2.45) is 0 Å². The molecule has 0 aromatic rings. The first-order valence-electron chi connectivity index (χ1n) is 5.72. The molecule has 94 valence electrons. The quantitative estimate of drug-likeness (QED) is 0.516. The highest BCUT2D eigenvalue weighted by atomic mass is 17.3. The third-order valence-corrected chi connectivity index (χ3v) is 2.50. The lowest BCUT2D eigenvalue weighted by molar-refractivity contribution is -0.294. The van der Waals surface area contributed by atoms with Crippen LogP contribution in [0.4, 0.5) is 0 Å². The molecule has 2 aliphatic rings. The Morgan fingerprint density at radius 3 is 2.38 bits per heavy atom. The van der Waals surface area contributed by atoms with Gasteiger partial charge in [0, 0.05) is 12.8 Å². The molecule has 2 rings (SSSR count). The summed E-state index contributed by atoms with van der Waals surface area (Å²) < 4.78 is 10.5. The average molecular weight is 234 g/mol. The summed E-state index contributed by atoms with van der Waals surface area (Å²) in [6, 6.07) is 0. The van der Waals surface area contributed by atoms with Crippen LogP contribution >= 0.6 is 0 Å². The standard InChI is InChI=1S/C10H18O6/c1-8-13-10(16-14-8)6-4-2-3-5-9-11-7-12-15-9/h8-10H,2-7H2,1H3. The van der Waals surface area contributed by atoms with Crippen LogP contribution in [-0.2, 0) is 29.0 Å². The molecule has 0 N–H and O–H groups in total. The van der Waals surface area contributed by atoms with E-state index < -0.39 is 0 Å². The predicted molar refractivity (Wildman–Crippen MR) is 51.5 cm³/mol. The lowest BCUT2D eigenvalue weighted by Crippen LogP contribution is -2.09. The van der Waals surface area contributed by atoms with E-state index in [9.17, 15) is 0 Å². The van der Waals surface area contributed by atoms with Crippen molar-refractivity contribution in [3.8, 4) is 0 Å². The summed E-state index contributed by atoms with van der Waals surface area (Å²) in [7, 11) is 0. The molecule has 6 nitrogen and oxygen atoms in total. The molecule has 0 radical (unpaired) electrons. The zero-order valence-electron chi connectivity index (χ0n) is 9.42. The third-order valence-electron chi connectivity index (χ3n) is 2.50. The Balaban J connectivity index is 1.43. The second-order valence-corrected chi connectivity index (χ2v) is 3.89. The Kier molecular flexibility index (Phi) is 4.95. The molecule has 2 fully saturated rings. The van der Waals surface area contributed by atoms with E-state index in [0.29, 0.717) is 0 Å². The van der Waals surface area contributed by atoms with Gasteiger partial charge in [-0.1, -0.05) is 6.42 Å². The molecule has 2 heterocycles. The minimum absolute atomic E-state index is 0.192. The molecule has 2 aliphatic heterocycles. The van der Waals surface area contributed by atoms with E-state index in [1.54, 1.807) is 0 Å². The van der Waals surface area contributed by atoms with Crippen LogP contribution in [0.3, 0.4) is 0 Å². The molecule has 0 aromatic carbocycles. The normalized spacial score (nSPS) is 34.7. The third kappa shape index (κ3) is 3.97. The van der Waals surface area contributed by atoms with E-state index in [2.05, 4.69) is 4.89 Å². The first-order chi connectivity index (χ1) is 7.84. The Morgan fingerprint density at radius 2 is 1.75 bits per heavy atom. The van der Waals surface area contributed by atoms with Gasteiger partial charge < -0.3 is 9.47 Å². The van der Waals surface area contributed by atoms with Crippen LogP contribution in [0.5, 0.6) is 0 Å². The maximum absolute atomic E-state index is 5.33. The van der Waals surface area contributed by atoms with Gasteiger partial charge in [0.15, 0.2) is 25.7 Å². The first-order valence-corrected chi connectivity index (χ1v) is 5.72. The van der Waals surface area contributed by atoms with Crippen LogP contribution < -0.4 is 0 Å². The fourth-order valence-corrected chi connectivity index (χ4v) is 1.68. The van der Waals surface area contributed by atoms with Crippen molar-refractivity contribution in [1.29, 1.82) is 0 Å². The number of unbranched alkanes of at least 4 members (excludes halogenated alkanes) is 2. The zero-order chi connectivity index (χ0) is 11.2. The molecular weight excluding hydrogens is 216 g/mol. The van der Waals surface area contributed by atoms with Gasteiger partial charge in [0.2, 0.25) is 0 Å². The summed E-state index contributed by atoms with van der Waals surface area (Å²) in [5.41, 5.74) is 0. The minimum Gasteiger partial charge on any atom is -0.320 e.